The molecule has 0 aliphatic rings. The quantitative estimate of drug-likeness (QED) is 0.478. The van der Waals surface area contributed by atoms with E-state index >= 15 is 0 Å². The minimum absolute atomic E-state index is 0.363. The Morgan fingerprint density at radius 3 is 2.54 bits per heavy atom. The summed E-state index contributed by atoms with van der Waals surface area (Å²) in [4.78, 5) is 20.8. The van der Waals surface area contributed by atoms with E-state index in [4.69, 9.17) is 10.4 Å². The van der Waals surface area contributed by atoms with Gasteiger partial charge in [-0.1, -0.05) is 0 Å². The molecular weight excluding hydrogens is 172 g/mol. The second-order valence-corrected chi connectivity index (χ2v) is 2.12. The summed E-state index contributed by atoms with van der Waals surface area (Å²) in [5, 5.41) is 18.6. The van der Waals surface area contributed by atoms with Crippen molar-refractivity contribution in [2.24, 2.45) is 0 Å². The number of nitrogens with zero attached hydrogens (tertiary/aromatic N) is 1. The fraction of sp³-hybridized carbons (Fsp3) is 0.125. The summed E-state index contributed by atoms with van der Waals surface area (Å²) >= 11 is 0. The van der Waals surface area contributed by atoms with Gasteiger partial charge in [0.05, 0.1) is 6.07 Å². The van der Waals surface area contributed by atoms with Crippen LogP contribution in [0.15, 0.2) is 23.9 Å². The van der Waals surface area contributed by atoms with E-state index in [2.05, 4.69) is 5.32 Å². The third-order valence-electron chi connectivity index (χ3n) is 0.979. The summed E-state index contributed by atoms with van der Waals surface area (Å²) in [6.45, 7) is 1.52. The first-order valence-electron chi connectivity index (χ1n) is 3.34. The molecule has 5 nitrogen and oxygen atoms in total. The van der Waals surface area contributed by atoms with E-state index in [-0.39, 0.29) is 0 Å². The lowest BCUT2D eigenvalue weighted by Gasteiger charge is -1.97. The molecule has 0 aromatic heterocycles. The zero-order chi connectivity index (χ0) is 10.3. The summed E-state index contributed by atoms with van der Waals surface area (Å²) in [7, 11) is 0. The smallest absolute Gasteiger partial charge is 0.328 e. The maximum atomic E-state index is 10.8. The van der Waals surface area contributed by atoms with Gasteiger partial charge in [-0.3, -0.25) is 4.79 Å². The van der Waals surface area contributed by atoms with Crippen molar-refractivity contribution < 1.29 is 14.7 Å². The van der Waals surface area contributed by atoms with Gasteiger partial charge in [0.2, 0.25) is 5.91 Å². The number of carbonyl (C=O) groups excluding carboxylic acids is 1. The number of nitriles is 1. The first-order chi connectivity index (χ1) is 6.06. The summed E-state index contributed by atoms with van der Waals surface area (Å²) in [6, 6.07) is 1.72. The van der Waals surface area contributed by atoms with Gasteiger partial charge in [0.1, 0.15) is 0 Å². The standard InChI is InChI=1S/C8H8N2O3/c1-6(4-5-9)10-7(11)2-3-8(12)13/h2-4H,1H3,(H,10,11)(H,12,13)/b3-2-,6-4?. The molecule has 0 aromatic carbocycles. The highest BCUT2D eigenvalue weighted by Crippen LogP contribution is 1.85. The summed E-state index contributed by atoms with van der Waals surface area (Å²) in [5.41, 5.74) is 0.363. The topological polar surface area (TPSA) is 90.2 Å². The largest absolute Gasteiger partial charge is 0.478 e. The van der Waals surface area contributed by atoms with Crippen LogP contribution < -0.4 is 5.32 Å². The van der Waals surface area contributed by atoms with Crippen molar-refractivity contribution in [3.05, 3.63) is 23.9 Å². The van der Waals surface area contributed by atoms with Crippen LogP contribution in [0.25, 0.3) is 0 Å². The average Bonchev–Trinajstić information content (AvgIpc) is 2.01. The summed E-state index contributed by atoms with van der Waals surface area (Å²) in [6.07, 6.45) is 2.73. The number of allylic oxidation sites excluding steroid dienone is 2. The molecule has 0 atom stereocenters. The van der Waals surface area contributed by atoms with Crippen LogP contribution in [0.4, 0.5) is 0 Å². The predicted molar refractivity (Wildman–Crippen MR) is 44.3 cm³/mol. The summed E-state index contributed by atoms with van der Waals surface area (Å²) in [5.74, 6) is -1.77. The molecule has 68 valence electrons. The van der Waals surface area contributed by atoms with Crippen molar-refractivity contribution in [2.45, 2.75) is 6.92 Å². The Morgan fingerprint density at radius 2 is 2.08 bits per heavy atom. The van der Waals surface area contributed by atoms with Gasteiger partial charge >= 0.3 is 5.97 Å². The molecule has 0 rings (SSSR count). The third-order valence-corrected chi connectivity index (χ3v) is 0.979. The maximum Gasteiger partial charge on any atom is 0.328 e. The molecule has 0 saturated carbocycles. The average molecular weight is 180 g/mol. The van der Waals surface area contributed by atoms with Crippen LogP contribution in [-0.2, 0) is 9.59 Å². The highest BCUT2D eigenvalue weighted by molar-refractivity contribution is 5.94. The van der Waals surface area contributed by atoms with Crippen LogP contribution in [0, 0.1) is 11.3 Å². The number of carbonyl (C=O) groups is 2. The first-order valence-corrected chi connectivity index (χ1v) is 3.34. The molecule has 0 aromatic rings. The molecule has 0 saturated heterocycles. The number of amides is 1. The van der Waals surface area contributed by atoms with Crippen molar-refractivity contribution in [3.8, 4) is 6.07 Å². The van der Waals surface area contributed by atoms with Gasteiger partial charge in [0.15, 0.2) is 0 Å². The van der Waals surface area contributed by atoms with E-state index in [1.807, 2.05) is 0 Å². The molecule has 0 aliphatic carbocycles. The van der Waals surface area contributed by atoms with Gasteiger partial charge in [0, 0.05) is 23.9 Å². The molecule has 0 fully saturated rings. The zero-order valence-corrected chi connectivity index (χ0v) is 6.94. The van der Waals surface area contributed by atoms with Crippen LogP contribution in [0.1, 0.15) is 6.92 Å². The second kappa shape index (κ2) is 5.55. The fourth-order valence-corrected chi connectivity index (χ4v) is 0.516. The van der Waals surface area contributed by atoms with Crippen LogP contribution in [-0.4, -0.2) is 17.0 Å². The predicted octanol–water partition coefficient (Wildman–Crippen LogP) is 0.171. The van der Waals surface area contributed by atoms with Crippen LogP contribution >= 0.6 is 0 Å². The Hall–Kier alpha value is -2.09. The van der Waals surface area contributed by atoms with Crippen LogP contribution in [0.5, 0.6) is 0 Å². The molecule has 0 heterocycles. The van der Waals surface area contributed by atoms with Gasteiger partial charge in [-0.25, -0.2) is 4.79 Å². The maximum absolute atomic E-state index is 10.8. The van der Waals surface area contributed by atoms with Crippen LogP contribution in [0.2, 0.25) is 0 Å². The number of rotatable bonds is 3. The number of hydrogen-bond acceptors (Lipinski definition) is 3. The van der Waals surface area contributed by atoms with Gasteiger partial charge in [0.25, 0.3) is 0 Å². The number of carboxylic acid groups (broad SMARTS) is 1. The number of hydrogen-bond donors (Lipinski definition) is 2. The Labute approximate surface area is 75.0 Å². The van der Waals surface area contributed by atoms with Gasteiger partial charge in [-0.15, -0.1) is 0 Å². The number of carboxylic acids is 1. The zero-order valence-electron chi connectivity index (χ0n) is 6.94. The van der Waals surface area contributed by atoms with E-state index in [1.54, 1.807) is 6.07 Å². The lowest BCUT2D eigenvalue weighted by molar-refractivity contribution is -0.131. The first kappa shape index (κ1) is 10.9. The van der Waals surface area contributed by atoms with E-state index in [0.29, 0.717) is 5.70 Å². The monoisotopic (exact) mass is 180 g/mol. The molecule has 2 N–H and O–H groups in total. The lowest BCUT2D eigenvalue weighted by Crippen LogP contribution is -2.18. The van der Waals surface area contributed by atoms with Gasteiger partial charge < -0.3 is 10.4 Å². The molecular formula is C8H8N2O3. The van der Waals surface area contributed by atoms with Crippen molar-refractivity contribution >= 4 is 11.9 Å². The lowest BCUT2D eigenvalue weighted by atomic mass is 10.4. The Bertz CT molecular complexity index is 310. The Balaban J connectivity index is 4.11. The second-order valence-electron chi connectivity index (χ2n) is 2.12. The molecule has 0 bridgehead atoms. The highest BCUT2D eigenvalue weighted by Gasteiger charge is 1.96. The van der Waals surface area contributed by atoms with E-state index in [1.165, 1.54) is 6.92 Å². The molecule has 5 heteroatoms. The highest BCUT2D eigenvalue weighted by atomic mass is 16.4. The molecule has 0 spiro atoms. The molecule has 0 radical (unpaired) electrons. The van der Waals surface area contributed by atoms with Gasteiger partial charge in [-0.2, -0.15) is 5.26 Å². The van der Waals surface area contributed by atoms with Crippen molar-refractivity contribution in [3.63, 3.8) is 0 Å². The normalized spacial score (nSPS) is 10.9. The van der Waals surface area contributed by atoms with Crippen LogP contribution in [0.3, 0.4) is 0 Å². The van der Waals surface area contributed by atoms with Gasteiger partial charge in [-0.05, 0) is 6.92 Å². The summed E-state index contributed by atoms with van der Waals surface area (Å²) < 4.78 is 0. The third kappa shape index (κ3) is 6.31. The molecule has 13 heavy (non-hydrogen) atoms. The van der Waals surface area contributed by atoms with E-state index in [9.17, 15) is 9.59 Å². The van der Waals surface area contributed by atoms with E-state index in [0.717, 1.165) is 18.2 Å². The molecule has 0 unspecified atom stereocenters. The number of nitrogens with one attached hydrogen (secondary N) is 1. The molecule has 1 amide bonds. The van der Waals surface area contributed by atoms with Crippen molar-refractivity contribution in [1.82, 2.24) is 5.32 Å². The van der Waals surface area contributed by atoms with Crippen molar-refractivity contribution in [1.29, 1.82) is 5.26 Å². The Kier molecular flexibility index (Phi) is 4.65. The SMILES string of the molecule is CC(=CC#N)NC(=O)/C=C\C(=O)O. The van der Waals surface area contributed by atoms with Crippen molar-refractivity contribution in [2.75, 3.05) is 0 Å². The Morgan fingerprint density at radius 1 is 1.46 bits per heavy atom. The number of aliphatic carboxylic acids is 1. The minimum Gasteiger partial charge on any atom is -0.478 e. The fourth-order valence-electron chi connectivity index (χ4n) is 0.516. The minimum atomic E-state index is -1.20. The van der Waals surface area contributed by atoms with E-state index < -0.39 is 11.9 Å². The molecule has 0 aliphatic heterocycles.